The molecule has 29 heavy (non-hydrogen) atoms. The Kier molecular flexibility index (Phi) is 6.59. The molecule has 2 aromatic rings. The number of hydrogen-bond donors (Lipinski definition) is 1. The molecule has 1 aromatic heterocycles. The maximum absolute atomic E-state index is 12.6. The maximum atomic E-state index is 12.6. The summed E-state index contributed by atoms with van der Waals surface area (Å²) in [6.07, 6.45) is 1.87. The zero-order chi connectivity index (χ0) is 21.0. The topological polar surface area (TPSA) is 88.4 Å². The lowest BCUT2D eigenvalue weighted by Crippen LogP contribution is -2.35. The molecule has 0 saturated carbocycles. The van der Waals surface area contributed by atoms with Gasteiger partial charge in [-0.1, -0.05) is 12.1 Å². The lowest BCUT2D eigenvalue weighted by atomic mass is 9.89. The first-order chi connectivity index (χ1) is 13.8. The quantitative estimate of drug-likeness (QED) is 0.592. The molecule has 0 spiro atoms. The molecule has 1 saturated heterocycles. The average molecular weight is 396 g/mol. The molecule has 1 amide bonds. The maximum Gasteiger partial charge on any atom is 0.269 e. The van der Waals surface area contributed by atoms with E-state index in [0.29, 0.717) is 5.56 Å². The van der Waals surface area contributed by atoms with E-state index < -0.39 is 0 Å². The number of carbonyl (C=O) groups is 1. The fourth-order valence-electron chi connectivity index (χ4n) is 3.77. The molecule has 7 nitrogen and oxygen atoms in total. The number of rotatable bonds is 6. The number of benzene rings is 1. The van der Waals surface area contributed by atoms with Gasteiger partial charge in [-0.15, -0.1) is 0 Å². The summed E-state index contributed by atoms with van der Waals surface area (Å²) in [5.74, 6) is 0.201. The minimum absolute atomic E-state index is 0.0594. The summed E-state index contributed by atoms with van der Waals surface area (Å²) >= 11 is 0. The van der Waals surface area contributed by atoms with Crippen LogP contribution >= 0.6 is 0 Å². The fraction of sp³-hybridized carbons (Fsp3) is 0.455. The van der Waals surface area contributed by atoms with E-state index in [1.54, 1.807) is 12.1 Å². The van der Waals surface area contributed by atoms with E-state index in [-0.39, 0.29) is 28.5 Å². The molecule has 7 heteroatoms. The van der Waals surface area contributed by atoms with Gasteiger partial charge < -0.3 is 5.32 Å². The highest BCUT2D eigenvalue weighted by molar-refractivity contribution is 5.95. The molecular formula is C22H28N4O3. The fourth-order valence-corrected chi connectivity index (χ4v) is 3.77. The summed E-state index contributed by atoms with van der Waals surface area (Å²) in [6, 6.07) is 10.6. The monoisotopic (exact) mass is 396 g/mol. The van der Waals surface area contributed by atoms with Crippen LogP contribution in [0.4, 0.5) is 5.69 Å². The number of nitrogens with zero attached hydrogens (tertiary/aromatic N) is 3. The van der Waals surface area contributed by atoms with Crippen LogP contribution in [0.25, 0.3) is 0 Å². The first kappa shape index (κ1) is 20.9. The number of nitrogens with one attached hydrogen (secondary N) is 1. The predicted octanol–water partition coefficient (Wildman–Crippen LogP) is 3.82. The second-order valence-corrected chi connectivity index (χ2v) is 7.99. The van der Waals surface area contributed by atoms with E-state index in [0.717, 1.165) is 49.4 Å². The first-order valence-corrected chi connectivity index (χ1v) is 10.1. The lowest BCUT2D eigenvalue weighted by molar-refractivity contribution is -0.384. The molecule has 0 radical (unpaired) electrons. The highest BCUT2D eigenvalue weighted by atomic mass is 16.6. The molecule has 1 aromatic carbocycles. The van der Waals surface area contributed by atoms with Gasteiger partial charge in [-0.05, 0) is 64.4 Å². The summed E-state index contributed by atoms with van der Waals surface area (Å²) in [5.41, 5.74) is 3.69. The van der Waals surface area contributed by atoms with Crippen LogP contribution in [0.15, 0.2) is 36.4 Å². The third-order valence-electron chi connectivity index (χ3n) is 5.26. The van der Waals surface area contributed by atoms with Crippen LogP contribution in [0.3, 0.4) is 0 Å². The van der Waals surface area contributed by atoms with Crippen molar-refractivity contribution in [2.45, 2.75) is 52.1 Å². The van der Waals surface area contributed by atoms with Crippen LogP contribution in [0.5, 0.6) is 0 Å². The van der Waals surface area contributed by atoms with Crippen LogP contribution in [0, 0.1) is 17.0 Å². The van der Waals surface area contributed by atoms with Gasteiger partial charge in [0.05, 0.1) is 16.2 Å². The Labute approximate surface area is 171 Å². The van der Waals surface area contributed by atoms with E-state index >= 15 is 0 Å². The molecule has 154 valence electrons. The molecule has 2 heterocycles. The van der Waals surface area contributed by atoms with Crippen molar-refractivity contribution in [1.29, 1.82) is 0 Å². The smallest absolute Gasteiger partial charge is 0.269 e. The van der Waals surface area contributed by atoms with Crippen LogP contribution in [0.2, 0.25) is 0 Å². The number of pyridine rings is 1. The predicted molar refractivity (Wildman–Crippen MR) is 112 cm³/mol. The largest absolute Gasteiger partial charge is 0.350 e. The van der Waals surface area contributed by atoms with Gasteiger partial charge >= 0.3 is 0 Å². The molecule has 1 N–H and O–H groups in total. The number of nitro groups is 1. The number of likely N-dealkylation sites (tertiary alicyclic amines) is 1. The van der Waals surface area contributed by atoms with Crippen molar-refractivity contribution in [3.63, 3.8) is 0 Å². The Morgan fingerprint density at radius 2 is 1.86 bits per heavy atom. The molecule has 1 fully saturated rings. The second kappa shape index (κ2) is 9.13. The number of aromatic nitrogens is 1. The Morgan fingerprint density at radius 1 is 1.21 bits per heavy atom. The van der Waals surface area contributed by atoms with E-state index in [1.165, 1.54) is 0 Å². The van der Waals surface area contributed by atoms with E-state index in [4.69, 9.17) is 4.98 Å². The van der Waals surface area contributed by atoms with Crippen molar-refractivity contribution < 1.29 is 9.72 Å². The molecule has 3 rings (SSSR count). The van der Waals surface area contributed by atoms with Crippen molar-refractivity contribution in [3.05, 3.63) is 69.0 Å². The number of carbonyl (C=O) groups excluding carboxylic acids is 1. The highest BCUT2D eigenvalue weighted by Gasteiger charge is 2.26. The Balaban J connectivity index is 1.65. The van der Waals surface area contributed by atoms with Crippen molar-refractivity contribution in [2.24, 2.45) is 0 Å². The van der Waals surface area contributed by atoms with Gasteiger partial charge in [-0.3, -0.25) is 24.8 Å². The summed E-state index contributed by atoms with van der Waals surface area (Å²) in [6.45, 7) is 8.45. The van der Waals surface area contributed by atoms with Crippen molar-refractivity contribution in [1.82, 2.24) is 15.2 Å². The van der Waals surface area contributed by atoms with Gasteiger partial charge in [0, 0.05) is 36.3 Å². The molecule has 1 aliphatic heterocycles. The van der Waals surface area contributed by atoms with Crippen molar-refractivity contribution in [2.75, 3.05) is 13.1 Å². The van der Waals surface area contributed by atoms with Crippen LogP contribution < -0.4 is 5.32 Å². The summed E-state index contributed by atoms with van der Waals surface area (Å²) in [7, 11) is 0. The number of amides is 1. The Bertz CT molecular complexity index is 872. The SMILES string of the molecule is Cc1ccc(C(=O)NC(C)C)c(C2CCN(Cc3ccc([N+](=O)[O-])cc3)CC2)n1. The van der Waals surface area contributed by atoms with Gasteiger partial charge in [-0.25, -0.2) is 0 Å². The highest BCUT2D eigenvalue weighted by Crippen LogP contribution is 2.30. The molecular weight excluding hydrogens is 368 g/mol. The van der Waals surface area contributed by atoms with Crippen LogP contribution in [-0.2, 0) is 6.54 Å². The number of hydrogen-bond acceptors (Lipinski definition) is 5. The molecule has 0 aliphatic carbocycles. The Morgan fingerprint density at radius 3 is 2.45 bits per heavy atom. The molecule has 0 unspecified atom stereocenters. The first-order valence-electron chi connectivity index (χ1n) is 10.1. The van der Waals surface area contributed by atoms with Gasteiger partial charge in [0.2, 0.25) is 0 Å². The van der Waals surface area contributed by atoms with Crippen molar-refractivity contribution in [3.8, 4) is 0 Å². The van der Waals surface area contributed by atoms with Crippen LogP contribution in [-0.4, -0.2) is 39.8 Å². The number of nitro benzene ring substituents is 1. The molecule has 0 atom stereocenters. The summed E-state index contributed by atoms with van der Waals surface area (Å²) in [5, 5.41) is 13.8. The van der Waals surface area contributed by atoms with E-state index in [9.17, 15) is 14.9 Å². The summed E-state index contributed by atoms with van der Waals surface area (Å²) in [4.78, 5) is 30.1. The number of aryl methyl sites for hydroxylation is 1. The van der Waals surface area contributed by atoms with E-state index in [2.05, 4.69) is 10.2 Å². The second-order valence-electron chi connectivity index (χ2n) is 7.99. The zero-order valence-electron chi connectivity index (χ0n) is 17.2. The van der Waals surface area contributed by atoms with Gasteiger partial charge in [0.1, 0.15) is 0 Å². The van der Waals surface area contributed by atoms with E-state index in [1.807, 2.05) is 45.0 Å². The normalized spacial score (nSPS) is 15.4. The molecule has 0 bridgehead atoms. The van der Waals surface area contributed by atoms with Crippen LogP contribution in [0.1, 0.15) is 59.9 Å². The standard InChI is InChI=1S/C22H28N4O3/c1-15(2)23-22(27)20-9-4-16(3)24-21(20)18-10-12-25(13-11-18)14-17-5-7-19(8-6-17)26(28)29/h4-9,15,18H,10-14H2,1-3H3,(H,23,27). The lowest BCUT2D eigenvalue weighted by Gasteiger charge is -2.32. The minimum atomic E-state index is -0.378. The minimum Gasteiger partial charge on any atom is -0.350 e. The number of non-ortho nitro benzene ring substituents is 1. The summed E-state index contributed by atoms with van der Waals surface area (Å²) < 4.78 is 0. The van der Waals surface area contributed by atoms with Gasteiger partial charge in [-0.2, -0.15) is 0 Å². The third kappa shape index (κ3) is 5.38. The molecule has 1 aliphatic rings. The van der Waals surface area contributed by atoms with Gasteiger partial charge in [0.15, 0.2) is 0 Å². The van der Waals surface area contributed by atoms with Gasteiger partial charge in [0.25, 0.3) is 11.6 Å². The van der Waals surface area contributed by atoms with Crippen molar-refractivity contribution >= 4 is 11.6 Å². The third-order valence-corrected chi connectivity index (χ3v) is 5.26. The zero-order valence-corrected chi connectivity index (χ0v) is 17.2. The Hall–Kier alpha value is -2.80. The number of piperidine rings is 1. The average Bonchev–Trinajstić information content (AvgIpc) is 2.68.